The Balaban J connectivity index is 1.17. The maximum atomic E-state index is 18.9. The number of benzene rings is 12. The van der Waals surface area contributed by atoms with Gasteiger partial charge < -0.3 is 9.80 Å². The molecule has 0 bridgehead atoms. The highest BCUT2D eigenvalue weighted by Crippen LogP contribution is 2.51. The molecule has 0 saturated heterocycles. The van der Waals surface area contributed by atoms with E-state index in [2.05, 4.69) is 0 Å². The number of anilines is 6. The summed E-state index contributed by atoms with van der Waals surface area (Å²) in [6.45, 7) is 15.9. The fourth-order valence-electron chi connectivity index (χ4n) is 10.7. The van der Waals surface area contributed by atoms with Crippen molar-refractivity contribution in [3.8, 4) is 44.5 Å². The van der Waals surface area contributed by atoms with Crippen LogP contribution in [0.2, 0.25) is 0 Å². The average molecular weight is 999 g/mol. The normalized spacial score (nSPS) is 13.4. The standard InChI is InChI=1S/C72H58F2N2/c1-43-19-23-53(39-47(43)5)59-33-37-65(71(73)69(59)55-25-21-45(3)49(7)41-55)75(57-15-11-9-12-16-57)63-35-29-51-28-32-62-64(36-30-52-27-31-61(63)67(51)68(52)62)76(58-17-13-10-14-18-58)66-38-34-60(54-24-20-44(2)48(6)40-54)70(72(66)74)56-26-22-46(4)50(8)42-56/h9-42H,1-8H3/i9D,10D,11D,12D,13D,14D,15D,16D,17D,18D. The summed E-state index contributed by atoms with van der Waals surface area (Å²) >= 11 is 0. The van der Waals surface area contributed by atoms with Gasteiger partial charge in [0.25, 0.3) is 0 Å². The first-order valence-electron chi connectivity index (χ1n) is 30.4. The third-order valence-corrected chi connectivity index (χ3v) is 15.5. The van der Waals surface area contributed by atoms with Crippen molar-refractivity contribution in [1.82, 2.24) is 0 Å². The third-order valence-electron chi connectivity index (χ3n) is 15.5. The van der Waals surface area contributed by atoms with Crippen molar-refractivity contribution in [2.45, 2.75) is 55.4 Å². The molecule has 12 rings (SSSR count). The molecule has 0 heterocycles. The molecule has 76 heavy (non-hydrogen) atoms. The smallest absolute Gasteiger partial charge is 0.155 e. The van der Waals surface area contributed by atoms with Gasteiger partial charge in [-0.3, -0.25) is 0 Å². The van der Waals surface area contributed by atoms with E-state index < -0.39 is 72.1 Å². The second kappa shape index (κ2) is 19.1. The van der Waals surface area contributed by atoms with Crippen LogP contribution in [-0.2, 0) is 0 Å². The predicted octanol–water partition coefficient (Wildman–Crippen LogP) is 20.9. The lowest BCUT2D eigenvalue weighted by Gasteiger charge is -2.30. The molecule has 0 aliphatic rings. The van der Waals surface area contributed by atoms with Gasteiger partial charge in [-0.1, -0.05) is 158 Å². The van der Waals surface area contributed by atoms with Gasteiger partial charge in [-0.2, -0.15) is 0 Å². The minimum Gasteiger partial charge on any atom is -0.307 e. The van der Waals surface area contributed by atoms with Crippen LogP contribution in [0.15, 0.2) is 206 Å². The van der Waals surface area contributed by atoms with Crippen LogP contribution in [0.3, 0.4) is 0 Å². The molecule has 2 nitrogen and oxygen atoms in total. The Labute approximate surface area is 459 Å². The lowest BCUT2D eigenvalue weighted by molar-refractivity contribution is 0.632. The van der Waals surface area contributed by atoms with Gasteiger partial charge in [0.2, 0.25) is 0 Å². The van der Waals surface area contributed by atoms with E-state index in [0.29, 0.717) is 54.6 Å². The zero-order valence-corrected chi connectivity index (χ0v) is 43.5. The van der Waals surface area contributed by atoms with Gasteiger partial charge in [0.1, 0.15) is 0 Å². The van der Waals surface area contributed by atoms with Gasteiger partial charge in [-0.25, -0.2) is 8.78 Å². The quantitative estimate of drug-likeness (QED) is 0.126. The Morgan fingerprint density at radius 1 is 0.316 bits per heavy atom. The Morgan fingerprint density at radius 3 is 0.987 bits per heavy atom. The molecule has 4 heteroatoms. The molecule has 0 spiro atoms. The number of nitrogens with zero attached hydrogens (tertiary/aromatic N) is 2. The van der Waals surface area contributed by atoms with E-state index >= 15 is 8.78 Å². The molecule has 0 unspecified atom stereocenters. The first kappa shape index (κ1) is 37.8. The van der Waals surface area contributed by atoms with Gasteiger partial charge in [-0.05, 0) is 203 Å². The van der Waals surface area contributed by atoms with Crippen molar-refractivity contribution in [3.63, 3.8) is 0 Å². The van der Waals surface area contributed by atoms with Crippen LogP contribution in [0.5, 0.6) is 0 Å². The van der Waals surface area contributed by atoms with Gasteiger partial charge in [0.15, 0.2) is 11.6 Å². The second-order valence-corrected chi connectivity index (χ2v) is 20.0. The first-order valence-corrected chi connectivity index (χ1v) is 25.4. The van der Waals surface area contributed by atoms with Crippen LogP contribution >= 0.6 is 0 Å². The molecule has 0 aliphatic carbocycles. The zero-order valence-electron chi connectivity index (χ0n) is 53.5. The fourth-order valence-corrected chi connectivity index (χ4v) is 10.7. The summed E-state index contributed by atoms with van der Waals surface area (Å²) in [6, 6.07) is 38.8. The summed E-state index contributed by atoms with van der Waals surface area (Å²) in [7, 11) is 0. The van der Waals surface area contributed by atoms with E-state index in [1.165, 1.54) is 9.80 Å². The molecule has 0 N–H and O–H groups in total. The number of aryl methyl sites for hydroxylation is 8. The highest BCUT2D eigenvalue weighted by Gasteiger charge is 2.28. The monoisotopic (exact) mass is 999 g/mol. The molecule has 0 fully saturated rings. The SMILES string of the molecule is [2H]c1c([2H])c([2H])c(N(c2ccc(-c3ccc(C)c(C)c3)c(-c3ccc(C)c(C)c3)c2F)c2ccc3ccc4c(N(c5ccc(-c6ccc(C)c(C)c6)c(-c6ccc(C)c(C)c6)c5F)c5c([2H])c([2H])c([2H])c([2H])c5[2H])ccc5ccc2c3c54)c([2H])c1[2H]. The molecule has 0 aliphatic heterocycles. The molecular weight excluding hydrogens is 931 g/mol. The van der Waals surface area contributed by atoms with Crippen LogP contribution in [0.25, 0.3) is 76.8 Å². The molecule has 0 saturated carbocycles. The van der Waals surface area contributed by atoms with Crippen LogP contribution in [0, 0.1) is 67.0 Å². The number of rotatable bonds is 10. The van der Waals surface area contributed by atoms with E-state index in [9.17, 15) is 5.48 Å². The van der Waals surface area contributed by atoms with Crippen molar-refractivity contribution >= 4 is 66.4 Å². The average Bonchev–Trinajstić information content (AvgIpc) is 1.14. The van der Waals surface area contributed by atoms with E-state index in [-0.39, 0.29) is 45.3 Å². The number of hydrogen-bond donors (Lipinski definition) is 0. The Bertz CT molecular complexity index is 4500. The predicted molar refractivity (Wildman–Crippen MR) is 319 cm³/mol. The Hall–Kier alpha value is -8.86. The van der Waals surface area contributed by atoms with Gasteiger partial charge in [0, 0.05) is 33.3 Å². The summed E-state index contributed by atoms with van der Waals surface area (Å²) in [5.41, 5.74) is 12.1. The largest absolute Gasteiger partial charge is 0.307 e. The van der Waals surface area contributed by atoms with Crippen molar-refractivity contribution < 1.29 is 22.5 Å². The van der Waals surface area contributed by atoms with Crippen LogP contribution in [0.4, 0.5) is 42.9 Å². The first-order chi connectivity index (χ1) is 41.0. The van der Waals surface area contributed by atoms with Crippen LogP contribution in [-0.4, -0.2) is 0 Å². The third kappa shape index (κ3) is 8.17. The lowest BCUT2D eigenvalue weighted by atomic mass is 9.89. The van der Waals surface area contributed by atoms with Crippen molar-refractivity contribution in [3.05, 3.63) is 262 Å². The minimum absolute atomic E-state index is 0.0910. The molecule has 0 aromatic heterocycles. The summed E-state index contributed by atoms with van der Waals surface area (Å²) in [5.74, 6) is -1.41. The summed E-state index contributed by atoms with van der Waals surface area (Å²) in [4.78, 5) is 2.83. The van der Waals surface area contributed by atoms with Crippen molar-refractivity contribution in [1.29, 1.82) is 0 Å². The van der Waals surface area contributed by atoms with Crippen LogP contribution < -0.4 is 9.80 Å². The highest BCUT2D eigenvalue weighted by atomic mass is 19.1. The number of hydrogen-bond acceptors (Lipinski definition) is 2. The van der Waals surface area contributed by atoms with Crippen molar-refractivity contribution in [2.75, 3.05) is 9.80 Å². The molecule has 12 aromatic rings. The molecule has 0 amide bonds. The van der Waals surface area contributed by atoms with Gasteiger partial charge >= 0.3 is 0 Å². The van der Waals surface area contributed by atoms with E-state index in [1.807, 2.05) is 177 Å². The number of halogens is 2. The zero-order chi connectivity index (χ0) is 61.2. The summed E-state index contributed by atoms with van der Waals surface area (Å²) in [6.07, 6.45) is 0. The maximum absolute atomic E-state index is 18.9. The molecular formula is C72H58F2N2. The lowest BCUT2D eigenvalue weighted by Crippen LogP contribution is -2.14. The summed E-state index contributed by atoms with van der Waals surface area (Å²) in [5, 5.41) is 3.62. The Morgan fingerprint density at radius 2 is 0.632 bits per heavy atom. The second-order valence-electron chi connectivity index (χ2n) is 20.0. The number of para-hydroxylation sites is 2. The maximum Gasteiger partial charge on any atom is 0.155 e. The van der Waals surface area contributed by atoms with Crippen molar-refractivity contribution in [2.24, 2.45) is 0 Å². The molecule has 0 radical (unpaired) electrons. The fraction of sp³-hybridized carbons (Fsp3) is 0.111. The van der Waals surface area contributed by atoms with Gasteiger partial charge in [-0.15, -0.1) is 0 Å². The van der Waals surface area contributed by atoms with E-state index in [0.717, 1.165) is 55.6 Å². The molecule has 370 valence electrons. The summed E-state index contributed by atoms with van der Waals surface area (Å²) < 4.78 is 129. The minimum atomic E-state index is -0.705. The topological polar surface area (TPSA) is 6.48 Å². The Kier molecular flexibility index (Phi) is 9.51. The highest BCUT2D eigenvalue weighted by molar-refractivity contribution is 6.28. The van der Waals surface area contributed by atoms with Gasteiger partial charge in [0.05, 0.1) is 36.5 Å². The van der Waals surface area contributed by atoms with E-state index in [1.54, 1.807) is 24.3 Å². The van der Waals surface area contributed by atoms with Crippen LogP contribution in [0.1, 0.15) is 58.2 Å². The molecule has 0 atom stereocenters. The van der Waals surface area contributed by atoms with E-state index in [4.69, 9.17) is 8.22 Å². The molecule has 12 aromatic carbocycles.